The molecule has 3 heterocycles. The van der Waals surface area contributed by atoms with Crippen LogP contribution in [0.3, 0.4) is 0 Å². The zero-order valence-corrected chi connectivity index (χ0v) is 17.0. The summed E-state index contributed by atoms with van der Waals surface area (Å²) in [6.45, 7) is 2.39. The van der Waals surface area contributed by atoms with Crippen molar-refractivity contribution in [1.82, 2.24) is 9.88 Å². The Morgan fingerprint density at radius 2 is 2.21 bits per heavy atom. The van der Waals surface area contributed by atoms with Crippen molar-refractivity contribution in [1.29, 1.82) is 0 Å². The molecule has 0 bridgehead atoms. The number of hydrogen-bond acceptors (Lipinski definition) is 5. The van der Waals surface area contributed by atoms with E-state index in [1.54, 1.807) is 35.9 Å². The number of nitrogens with zero attached hydrogens (tertiary/aromatic N) is 2. The first-order valence-electron chi connectivity index (χ1n) is 9.81. The van der Waals surface area contributed by atoms with Crippen LogP contribution in [0.15, 0.2) is 65.6 Å². The van der Waals surface area contributed by atoms with Crippen LogP contribution in [-0.2, 0) is 17.9 Å². The number of ether oxygens (including phenoxy) is 2. The topological polar surface area (TPSA) is 51.7 Å². The summed E-state index contributed by atoms with van der Waals surface area (Å²) in [6, 6.07) is 13.6. The standard InChI is InChI=1S/C23H24N2O3S/c26-23(20-5-2-9-24-13-20)25(15-22-7-3-10-27-22)14-18-4-1-6-21(12-18)28-16-19-8-11-29-17-19/h1-2,4-6,8-9,11-13,17,22H,3,7,10,14-16H2/t22-/m0/s1. The summed E-state index contributed by atoms with van der Waals surface area (Å²) < 4.78 is 11.7. The second kappa shape index (κ2) is 9.67. The van der Waals surface area contributed by atoms with E-state index in [1.165, 1.54) is 0 Å². The first kappa shape index (κ1) is 19.6. The Labute approximate surface area is 174 Å². The van der Waals surface area contributed by atoms with E-state index in [2.05, 4.69) is 16.4 Å². The first-order valence-corrected chi connectivity index (χ1v) is 10.8. The first-order chi connectivity index (χ1) is 14.3. The average Bonchev–Trinajstić information content (AvgIpc) is 3.46. The van der Waals surface area contributed by atoms with E-state index in [1.807, 2.05) is 34.5 Å². The highest BCUT2D eigenvalue weighted by Crippen LogP contribution is 2.20. The SMILES string of the molecule is O=C(c1cccnc1)N(Cc1cccc(OCc2ccsc2)c1)C[C@@H]1CCCO1. The number of aromatic nitrogens is 1. The number of thiophene rings is 1. The highest BCUT2D eigenvalue weighted by Gasteiger charge is 2.24. The third-order valence-corrected chi connectivity index (χ3v) is 5.63. The number of amides is 1. The summed E-state index contributed by atoms with van der Waals surface area (Å²) in [7, 11) is 0. The minimum Gasteiger partial charge on any atom is -0.489 e. The van der Waals surface area contributed by atoms with Gasteiger partial charge in [0.15, 0.2) is 0 Å². The van der Waals surface area contributed by atoms with E-state index in [0.717, 1.165) is 36.3 Å². The molecule has 3 aromatic rings. The van der Waals surface area contributed by atoms with Crippen molar-refractivity contribution in [3.63, 3.8) is 0 Å². The number of rotatable bonds is 8. The second-order valence-corrected chi connectivity index (χ2v) is 7.91. The van der Waals surface area contributed by atoms with Gasteiger partial charge in [-0.25, -0.2) is 0 Å². The molecule has 0 unspecified atom stereocenters. The fraction of sp³-hybridized carbons (Fsp3) is 0.304. The van der Waals surface area contributed by atoms with Crippen LogP contribution >= 0.6 is 11.3 Å². The Balaban J connectivity index is 1.47. The van der Waals surface area contributed by atoms with Gasteiger partial charge in [0.05, 0.1) is 11.7 Å². The maximum atomic E-state index is 13.1. The van der Waals surface area contributed by atoms with Crippen LogP contribution in [-0.4, -0.2) is 35.0 Å². The van der Waals surface area contributed by atoms with Crippen molar-refractivity contribution in [3.8, 4) is 5.75 Å². The number of carbonyl (C=O) groups excluding carboxylic acids is 1. The van der Waals surface area contributed by atoms with Gasteiger partial charge in [-0.2, -0.15) is 11.3 Å². The molecule has 0 radical (unpaired) electrons. The Hall–Kier alpha value is -2.70. The lowest BCUT2D eigenvalue weighted by Gasteiger charge is -2.26. The van der Waals surface area contributed by atoms with Gasteiger partial charge in [-0.05, 0) is 65.1 Å². The van der Waals surface area contributed by atoms with Crippen molar-refractivity contribution in [3.05, 3.63) is 82.3 Å². The summed E-state index contributed by atoms with van der Waals surface area (Å²) in [4.78, 5) is 19.0. The molecule has 1 aromatic carbocycles. The molecule has 1 amide bonds. The van der Waals surface area contributed by atoms with E-state index in [0.29, 0.717) is 25.3 Å². The Morgan fingerprint density at radius 3 is 2.97 bits per heavy atom. The number of benzene rings is 1. The largest absolute Gasteiger partial charge is 0.489 e. The lowest BCUT2D eigenvalue weighted by molar-refractivity contribution is 0.0506. The Morgan fingerprint density at radius 1 is 1.24 bits per heavy atom. The third kappa shape index (κ3) is 5.43. The van der Waals surface area contributed by atoms with Crippen molar-refractivity contribution >= 4 is 17.2 Å². The molecule has 0 spiro atoms. The molecule has 0 saturated carbocycles. The van der Waals surface area contributed by atoms with E-state index in [9.17, 15) is 4.79 Å². The predicted octanol–water partition coefficient (Wildman–Crippen LogP) is 4.54. The van der Waals surface area contributed by atoms with Gasteiger partial charge >= 0.3 is 0 Å². The minimum atomic E-state index is -0.0294. The van der Waals surface area contributed by atoms with Crippen molar-refractivity contribution in [2.75, 3.05) is 13.2 Å². The van der Waals surface area contributed by atoms with Gasteiger partial charge in [-0.15, -0.1) is 0 Å². The van der Waals surface area contributed by atoms with Gasteiger partial charge in [0.25, 0.3) is 5.91 Å². The monoisotopic (exact) mass is 408 g/mol. The second-order valence-electron chi connectivity index (χ2n) is 7.13. The maximum Gasteiger partial charge on any atom is 0.255 e. The Kier molecular flexibility index (Phi) is 6.54. The van der Waals surface area contributed by atoms with Gasteiger partial charge in [-0.3, -0.25) is 9.78 Å². The van der Waals surface area contributed by atoms with Gasteiger partial charge in [0.2, 0.25) is 0 Å². The lowest BCUT2D eigenvalue weighted by atomic mass is 10.1. The molecular weight excluding hydrogens is 384 g/mol. The fourth-order valence-corrected chi connectivity index (χ4v) is 4.07. The van der Waals surface area contributed by atoms with Gasteiger partial charge in [0.1, 0.15) is 12.4 Å². The highest BCUT2D eigenvalue weighted by molar-refractivity contribution is 7.07. The summed E-state index contributed by atoms with van der Waals surface area (Å²) in [5.74, 6) is 0.776. The molecular formula is C23H24N2O3S. The summed E-state index contributed by atoms with van der Waals surface area (Å²) in [5, 5.41) is 4.13. The zero-order chi connectivity index (χ0) is 19.9. The maximum absolute atomic E-state index is 13.1. The van der Waals surface area contributed by atoms with Crippen LogP contribution in [0.4, 0.5) is 0 Å². The van der Waals surface area contributed by atoms with E-state index in [-0.39, 0.29) is 12.0 Å². The number of pyridine rings is 1. The normalized spacial score (nSPS) is 15.9. The van der Waals surface area contributed by atoms with Gasteiger partial charge in [-0.1, -0.05) is 12.1 Å². The van der Waals surface area contributed by atoms with Gasteiger partial charge in [0, 0.05) is 32.1 Å². The molecule has 1 aliphatic heterocycles. The molecule has 4 rings (SSSR count). The van der Waals surface area contributed by atoms with Crippen LogP contribution in [0.25, 0.3) is 0 Å². The molecule has 0 N–H and O–H groups in total. The summed E-state index contributed by atoms with van der Waals surface area (Å²) in [6.07, 6.45) is 5.42. The molecule has 5 nitrogen and oxygen atoms in total. The lowest BCUT2D eigenvalue weighted by Crippen LogP contribution is -2.37. The fourth-order valence-electron chi connectivity index (χ4n) is 3.42. The van der Waals surface area contributed by atoms with Crippen LogP contribution < -0.4 is 4.74 Å². The predicted molar refractivity (Wildman–Crippen MR) is 113 cm³/mol. The molecule has 1 aliphatic rings. The number of hydrogen-bond donors (Lipinski definition) is 0. The molecule has 0 aliphatic carbocycles. The van der Waals surface area contributed by atoms with Crippen LogP contribution in [0.2, 0.25) is 0 Å². The molecule has 2 aromatic heterocycles. The molecule has 1 saturated heterocycles. The molecule has 150 valence electrons. The summed E-state index contributed by atoms with van der Waals surface area (Å²) in [5.41, 5.74) is 2.78. The van der Waals surface area contributed by atoms with Gasteiger partial charge < -0.3 is 14.4 Å². The molecule has 6 heteroatoms. The van der Waals surface area contributed by atoms with Crippen LogP contribution in [0.1, 0.15) is 34.3 Å². The average molecular weight is 409 g/mol. The quantitative estimate of drug-likeness (QED) is 0.549. The van der Waals surface area contributed by atoms with Crippen LogP contribution in [0.5, 0.6) is 5.75 Å². The third-order valence-electron chi connectivity index (χ3n) is 4.90. The molecule has 29 heavy (non-hydrogen) atoms. The molecule has 1 fully saturated rings. The van der Waals surface area contributed by atoms with E-state index >= 15 is 0 Å². The smallest absolute Gasteiger partial charge is 0.255 e. The Bertz CT molecular complexity index is 909. The minimum absolute atomic E-state index is 0.0294. The van der Waals surface area contributed by atoms with E-state index in [4.69, 9.17) is 9.47 Å². The highest BCUT2D eigenvalue weighted by atomic mass is 32.1. The van der Waals surface area contributed by atoms with Crippen molar-refractivity contribution < 1.29 is 14.3 Å². The van der Waals surface area contributed by atoms with E-state index < -0.39 is 0 Å². The molecule has 1 atom stereocenters. The van der Waals surface area contributed by atoms with Crippen LogP contribution in [0, 0.1) is 0 Å². The number of carbonyl (C=O) groups is 1. The summed E-state index contributed by atoms with van der Waals surface area (Å²) >= 11 is 1.66. The van der Waals surface area contributed by atoms with Crippen molar-refractivity contribution in [2.45, 2.75) is 32.1 Å². The van der Waals surface area contributed by atoms with Crippen molar-refractivity contribution in [2.24, 2.45) is 0 Å². The zero-order valence-electron chi connectivity index (χ0n) is 16.2.